The first-order valence-corrected chi connectivity index (χ1v) is 31.7. The molecule has 2 saturated heterocycles. The quantitative estimate of drug-likeness (QED) is 0.0573. The molecule has 0 unspecified atom stereocenters. The second kappa shape index (κ2) is 22.1. The molecular weight excluding hydrogens is 977 g/mol. The second-order valence-electron chi connectivity index (χ2n) is 21.3. The van der Waals surface area contributed by atoms with E-state index in [0.29, 0.717) is 25.7 Å². The average Bonchev–Trinajstić information content (AvgIpc) is 4.06. The lowest BCUT2D eigenvalue weighted by atomic mass is 10.0. The maximum atomic E-state index is 14.2. The fourth-order valence-electron chi connectivity index (χ4n) is 10.7. The van der Waals surface area contributed by atoms with E-state index in [9.17, 15) is 16.8 Å². The lowest BCUT2D eigenvalue weighted by Gasteiger charge is -2.44. The van der Waals surface area contributed by atoms with Crippen LogP contribution in [0.1, 0.15) is 78.4 Å². The number of hydrogen-bond donors (Lipinski definition) is 0. The summed E-state index contributed by atoms with van der Waals surface area (Å²) in [5.41, 5.74) is 1.85. The van der Waals surface area contributed by atoms with Crippen LogP contribution in [0, 0.1) is 13.8 Å². The molecule has 0 N–H and O–H groups in total. The minimum atomic E-state index is -4.27. The van der Waals surface area contributed by atoms with E-state index in [2.05, 4.69) is 90.1 Å². The van der Waals surface area contributed by atoms with Crippen LogP contribution < -0.4 is 20.7 Å². The number of hydrogen-bond acceptors (Lipinski definition) is 10. The molecule has 2 aliphatic heterocycles. The van der Waals surface area contributed by atoms with E-state index in [1.54, 1.807) is 48.5 Å². The fraction of sp³-hybridized carbons (Fsp3) is 0.379. The van der Waals surface area contributed by atoms with Gasteiger partial charge in [0.1, 0.15) is 12.2 Å². The van der Waals surface area contributed by atoms with Gasteiger partial charge >= 0.3 is 0 Å². The summed E-state index contributed by atoms with van der Waals surface area (Å²) in [5, 5.41) is 3.46. The first kappa shape index (κ1) is 53.7. The maximum Gasteiger partial charge on any atom is 0.297 e. The first-order valence-electron chi connectivity index (χ1n) is 25.0. The molecule has 6 aromatic rings. The standard InChI is InChI=1S/C58H70O10S2Si2/c1-43-29-33-45(34-30-43)69(59,60)67-55(41-63-71(57(3,4)5,47-21-13-9-14-22-47)48-23-15-10-16-24-48)53-39-37-51(65-53)52-38-40-54(66-52)56(68-70(61,62)46-35-31-44(2)32-36-46)42-64-72(58(6,7)8,49-25-17-11-18-26-49)50-27-19-12-20-28-50/h9-36,51-56H,37-42H2,1-8H3/t51-,52-,53-,54-,55+,56+/m1/s1. The van der Waals surface area contributed by atoms with Crippen molar-refractivity contribution in [2.45, 2.75) is 138 Å². The van der Waals surface area contributed by atoms with E-state index in [-0.39, 0.29) is 33.1 Å². The summed E-state index contributed by atoms with van der Waals surface area (Å²) in [6.07, 6.45) is -2.23. The van der Waals surface area contributed by atoms with Crippen LogP contribution in [0.5, 0.6) is 0 Å². The van der Waals surface area contributed by atoms with Crippen molar-refractivity contribution in [1.29, 1.82) is 0 Å². The Balaban J connectivity index is 1.09. The summed E-state index contributed by atoms with van der Waals surface area (Å²) in [5.74, 6) is 0. The van der Waals surface area contributed by atoms with Gasteiger partial charge in [-0.1, -0.05) is 198 Å². The fourth-order valence-corrected chi connectivity index (χ4v) is 22.0. The molecule has 0 radical (unpaired) electrons. The average molecular weight is 1050 g/mol. The van der Waals surface area contributed by atoms with E-state index in [4.69, 9.17) is 26.7 Å². The molecule has 382 valence electrons. The molecule has 6 atom stereocenters. The van der Waals surface area contributed by atoms with E-state index in [1.165, 1.54) is 0 Å². The smallest absolute Gasteiger partial charge is 0.297 e. The number of aryl methyl sites for hydroxylation is 2. The van der Waals surface area contributed by atoms with Crippen LogP contribution >= 0.6 is 0 Å². The molecule has 0 amide bonds. The molecule has 0 spiro atoms. The number of rotatable bonds is 19. The molecule has 72 heavy (non-hydrogen) atoms. The Labute approximate surface area is 430 Å². The third kappa shape index (κ3) is 11.5. The molecule has 14 heteroatoms. The van der Waals surface area contributed by atoms with Crippen molar-refractivity contribution in [2.75, 3.05) is 13.2 Å². The van der Waals surface area contributed by atoms with Gasteiger partial charge in [0.25, 0.3) is 36.9 Å². The number of ether oxygens (including phenoxy) is 2. The highest BCUT2D eigenvalue weighted by atomic mass is 32.2. The maximum absolute atomic E-state index is 14.2. The summed E-state index contributed by atoms with van der Waals surface area (Å²) in [6.45, 7) is 16.8. The van der Waals surface area contributed by atoms with Crippen molar-refractivity contribution in [3.63, 3.8) is 0 Å². The van der Waals surface area contributed by atoms with Crippen LogP contribution in [0.3, 0.4) is 0 Å². The van der Waals surface area contributed by atoms with Crippen molar-refractivity contribution in [1.82, 2.24) is 0 Å². The van der Waals surface area contributed by atoms with Crippen molar-refractivity contribution in [3.8, 4) is 0 Å². The third-order valence-electron chi connectivity index (χ3n) is 14.3. The van der Waals surface area contributed by atoms with Gasteiger partial charge in [-0.2, -0.15) is 16.8 Å². The van der Waals surface area contributed by atoms with E-state index in [0.717, 1.165) is 31.9 Å². The Kier molecular flexibility index (Phi) is 16.5. The van der Waals surface area contributed by atoms with Gasteiger partial charge in [0.15, 0.2) is 0 Å². The Morgan fingerprint density at radius 2 is 0.722 bits per heavy atom. The Morgan fingerprint density at radius 1 is 0.444 bits per heavy atom. The van der Waals surface area contributed by atoms with Gasteiger partial charge in [0, 0.05) is 0 Å². The minimum Gasteiger partial charge on any atom is -0.405 e. The van der Waals surface area contributed by atoms with Crippen LogP contribution in [0.2, 0.25) is 10.1 Å². The Morgan fingerprint density at radius 3 is 0.986 bits per heavy atom. The topological polar surface area (TPSA) is 124 Å². The van der Waals surface area contributed by atoms with Gasteiger partial charge in [-0.3, -0.25) is 8.37 Å². The Hall–Kier alpha value is -4.59. The molecule has 0 aliphatic carbocycles. The second-order valence-corrected chi connectivity index (χ2v) is 33.1. The van der Waals surface area contributed by atoms with Crippen LogP contribution in [-0.4, -0.2) is 83.3 Å². The van der Waals surface area contributed by atoms with Gasteiger partial charge in [0.05, 0.1) is 47.4 Å². The molecule has 2 fully saturated rings. The van der Waals surface area contributed by atoms with Crippen LogP contribution in [-0.2, 0) is 46.9 Å². The lowest BCUT2D eigenvalue weighted by Crippen LogP contribution is -2.67. The van der Waals surface area contributed by atoms with E-state index < -0.39 is 73.5 Å². The zero-order chi connectivity index (χ0) is 51.4. The van der Waals surface area contributed by atoms with Crippen LogP contribution in [0.25, 0.3) is 0 Å². The van der Waals surface area contributed by atoms with Gasteiger partial charge in [-0.15, -0.1) is 0 Å². The molecule has 2 heterocycles. The highest BCUT2D eigenvalue weighted by Crippen LogP contribution is 2.41. The summed E-state index contributed by atoms with van der Waals surface area (Å²) in [4.78, 5) is 0.0963. The van der Waals surface area contributed by atoms with Crippen LogP contribution in [0.15, 0.2) is 180 Å². The monoisotopic (exact) mass is 1050 g/mol. The zero-order valence-corrected chi connectivity index (χ0v) is 46.4. The molecule has 2 aliphatic rings. The predicted molar refractivity (Wildman–Crippen MR) is 289 cm³/mol. The summed E-state index contributed by atoms with van der Waals surface area (Å²) >= 11 is 0. The highest BCUT2D eigenvalue weighted by molar-refractivity contribution is 7.87. The molecule has 0 aromatic heterocycles. The summed E-state index contributed by atoms with van der Waals surface area (Å²) in [6, 6.07) is 54.1. The molecule has 6 aromatic carbocycles. The zero-order valence-electron chi connectivity index (χ0n) is 42.8. The Bertz CT molecular complexity index is 2630. The molecule has 0 bridgehead atoms. The summed E-state index contributed by atoms with van der Waals surface area (Å²) in [7, 11) is -14.8. The van der Waals surface area contributed by atoms with Gasteiger partial charge in [-0.25, -0.2) is 0 Å². The van der Waals surface area contributed by atoms with Crippen LogP contribution in [0.4, 0.5) is 0 Å². The van der Waals surface area contributed by atoms with Gasteiger partial charge in [-0.05, 0) is 94.6 Å². The van der Waals surface area contributed by atoms with Gasteiger partial charge < -0.3 is 18.3 Å². The summed E-state index contributed by atoms with van der Waals surface area (Å²) < 4.78 is 97.9. The minimum absolute atomic E-state index is 0.0481. The number of benzene rings is 6. The van der Waals surface area contributed by atoms with E-state index >= 15 is 0 Å². The normalized spacial score (nSPS) is 20.1. The molecular formula is C58H70O10S2Si2. The van der Waals surface area contributed by atoms with Crippen molar-refractivity contribution in [3.05, 3.63) is 181 Å². The largest absolute Gasteiger partial charge is 0.405 e. The molecule has 8 rings (SSSR count). The first-order chi connectivity index (χ1) is 34.2. The van der Waals surface area contributed by atoms with Crippen molar-refractivity contribution >= 4 is 57.6 Å². The van der Waals surface area contributed by atoms with E-state index in [1.807, 2.05) is 86.6 Å². The highest BCUT2D eigenvalue weighted by Gasteiger charge is 2.53. The van der Waals surface area contributed by atoms with Crippen molar-refractivity contribution < 1.29 is 43.5 Å². The molecule has 10 nitrogen and oxygen atoms in total. The SMILES string of the molecule is Cc1ccc(S(=O)(=O)O[C@@H](CO[Si](c2ccccc2)(c2ccccc2)C(C)(C)C)[C@H]2CC[C@H]([C@H]3CC[C@H]([C@H](CO[Si](c4ccccc4)(c4ccccc4)C(C)(C)C)OS(=O)(=O)c4ccc(C)cc4)O3)O2)cc1. The molecule has 0 saturated carbocycles. The lowest BCUT2D eigenvalue weighted by molar-refractivity contribution is -0.108. The predicted octanol–water partition coefficient (Wildman–Crippen LogP) is 9.40. The van der Waals surface area contributed by atoms with Crippen molar-refractivity contribution in [2.24, 2.45) is 0 Å². The van der Waals surface area contributed by atoms with Gasteiger partial charge in [0.2, 0.25) is 0 Å². The third-order valence-corrected chi connectivity index (χ3v) is 27.0.